The molecule has 0 saturated carbocycles. The van der Waals surface area contributed by atoms with Crippen LogP contribution in [-0.4, -0.2) is 64.8 Å². The first-order valence-electron chi connectivity index (χ1n) is 8.23. The van der Waals surface area contributed by atoms with E-state index < -0.39 is 23.8 Å². The van der Waals surface area contributed by atoms with Crippen molar-refractivity contribution >= 4 is 12.0 Å². The molecule has 0 aromatic heterocycles. The predicted molar refractivity (Wildman–Crippen MR) is 89.1 cm³/mol. The average molecular weight is 328 g/mol. The van der Waals surface area contributed by atoms with Gasteiger partial charge in [0, 0.05) is 20.1 Å². The number of nitrogens with zero attached hydrogens (tertiary/aromatic N) is 2. The molecule has 6 heteroatoms. The van der Waals surface area contributed by atoms with Gasteiger partial charge in [-0.05, 0) is 39.0 Å². The van der Waals surface area contributed by atoms with Gasteiger partial charge in [-0.25, -0.2) is 4.79 Å². The number of aliphatic hydroxyl groups is 1. The van der Waals surface area contributed by atoms with E-state index in [0.717, 1.165) is 0 Å². The number of likely N-dealkylation sites (tertiary alicyclic amines) is 1. The molecule has 0 aromatic carbocycles. The van der Waals surface area contributed by atoms with E-state index in [4.69, 9.17) is 4.74 Å². The van der Waals surface area contributed by atoms with Crippen LogP contribution >= 0.6 is 0 Å². The topological polar surface area (TPSA) is 70.1 Å². The lowest BCUT2D eigenvalue weighted by molar-refractivity contribution is -0.136. The third-order valence-electron chi connectivity index (χ3n) is 3.71. The summed E-state index contributed by atoms with van der Waals surface area (Å²) in [5.74, 6) is -0.121. The molecule has 1 aliphatic rings. The third-order valence-corrected chi connectivity index (χ3v) is 3.71. The average Bonchev–Trinajstić information content (AvgIpc) is 2.78. The normalized spacial score (nSPS) is 20.3. The van der Waals surface area contributed by atoms with Gasteiger partial charge in [-0.1, -0.05) is 20.8 Å². The van der Waals surface area contributed by atoms with Gasteiger partial charge >= 0.3 is 6.09 Å². The van der Waals surface area contributed by atoms with Crippen LogP contribution in [0.5, 0.6) is 0 Å². The van der Waals surface area contributed by atoms with Gasteiger partial charge in [-0.15, -0.1) is 0 Å². The number of likely N-dealkylation sites (N-methyl/N-ethyl adjacent to an activating group) is 1. The molecule has 1 fully saturated rings. The minimum absolute atomic E-state index is 0.116. The second kappa shape index (κ2) is 7.07. The van der Waals surface area contributed by atoms with Crippen LogP contribution in [0, 0.1) is 5.41 Å². The first kappa shape index (κ1) is 19.7. The molecule has 2 amide bonds. The van der Waals surface area contributed by atoms with Crippen LogP contribution in [0.15, 0.2) is 0 Å². The summed E-state index contributed by atoms with van der Waals surface area (Å²) in [6, 6.07) is -0.588. The molecular weight excluding hydrogens is 296 g/mol. The second-order valence-corrected chi connectivity index (χ2v) is 8.60. The highest BCUT2D eigenvalue weighted by Gasteiger charge is 2.37. The van der Waals surface area contributed by atoms with Crippen molar-refractivity contribution in [1.29, 1.82) is 0 Å². The summed E-state index contributed by atoms with van der Waals surface area (Å²) in [4.78, 5) is 28.2. The molecule has 0 bridgehead atoms. The molecule has 134 valence electrons. The van der Waals surface area contributed by atoms with Crippen LogP contribution in [0.4, 0.5) is 4.79 Å². The number of aliphatic hydroxyl groups excluding tert-OH is 1. The maximum atomic E-state index is 12.8. The monoisotopic (exact) mass is 328 g/mol. The summed E-state index contributed by atoms with van der Waals surface area (Å²) in [6.07, 6.45) is 0.152. The maximum Gasteiger partial charge on any atom is 0.410 e. The Kier molecular flexibility index (Phi) is 6.07. The Balaban J connectivity index is 2.91. The minimum atomic E-state index is -0.607. The number of amides is 2. The molecule has 0 unspecified atom stereocenters. The smallest absolute Gasteiger partial charge is 0.410 e. The van der Waals surface area contributed by atoms with E-state index in [9.17, 15) is 14.7 Å². The Labute approximate surface area is 139 Å². The highest BCUT2D eigenvalue weighted by Crippen LogP contribution is 2.26. The van der Waals surface area contributed by atoms with E-state index in [1.165, 1.54) is 4.90 Å². The quantitative estimate of drug-likeness (QED) is 0.862. The number of carbonyl (C=O) groups excluding carboxylic acids is 2. The number of carbonyl (C=O) groups is 2. The number of β-amino-alcohol motifs (C(OH)–C–C–N with tert-alkyl or cyclic N) is 1. The number of ether oxygens (including phenoxy) is 1. The summed E-state index contributed by atoms with van der Waals surface area (Å²) >= 11 is 0. The fraction of sp³-hybridized carbons (Fsp3) is 0.882. The van der Waals surface area contributed by atoms with Crippen LogP contribution in [-0.2, 0) is 9.53 Å². The van der Waals surface area contributed by atoms with Crippen LogP contribution in [0.1, 0.15) is 54.4 Å². The fourth-order valence-corrected chi connectivity index (χ4v) is 2.58. The van der Waals surface area contributed by atoms with Gasteiger partial charge in [0.2, 0.25) is 5.91 Å². The van der Waals surface area contributed by atoms with Crippen molar-refractivity contribution in [3.8, 4) is 0 Å². The Hall–Kier alpha value is -1.30. The van der Waals surface area contributed by atoms with E-state index in [-0.39, 0.29) is 11.3 Å². The molecule has 2 atom stereocenters. The van der Waals surface area contributed by atoms with Crippen molar-refractivity contribution in [3.63, 3.8) is 0 Å². The maximum absolute atomic E-state index is 12.8. The molecule has 0 radical (unpaired) electrons. The van der Waals surface area contributed by atoms with Crippen LogP contribution < -0.4 is 0 Å². The number of hydrogen-bond donors (Lipinski definition) is 1. The zero-order valence-electron chi connectivity index (χ0n) is 15.5. The van der Waals surface area contributed by atoms with E-state index in [0.29, 0.717) is 25.9 Å². The molecular formula is C17H32N2O4. The molecule has 1 rings (SSSR count). The SMILES string of the molecule is CN(C(=O)OC(C)(C)C)[C@@H](CC(C)(C)C)C(=O)N1CC[C@H](O)C1. The molecule has 1 saturated heterocycles. The molecule has 6 nitrogen and oxygen atoms in total. The van der Waals surface area contributed by atoms with Crippen molar-refractivity contribution in [2.24, 2.45) is 5.41 Å². The molecule has 0 aliphatic carbocycles. The van der Waals surface area contributed by atoms with Crippen molar-refractivity contribution < 1.29 is 19.4 Å². The lowest BCUT2D eigenvalue weighted by Gasteiger charge is -2.35. The molecule has 1 aliphatic heterocycles. The van der Waals surface area contributed by atoms with E-state index in [1.54, 1.807) is 32.7 Å². The Morgan fingerprint density at radius 3 is 2.22 bits per heavy atom. The van der Waals surface area contributed by atoms with E-state index in [1.807, 2.05) is 20.8 Å². The number of rotatable bonds is 3. The minimum Gasteiger partial charge on any atom is -0.444 e. The molecule has 1 heterocycles. The molecule has 23 heavy (non-hydrogen) atoms. The molecule has 0 spiro atoms. The first-order valence-corrected chi connectivity index (χ1v) is 8.23. The predicted octanol–water partition coefficient (Wildman–Crippen LogP) is 2.25. The van der Waals surface area contributed by atoms with Crippen LogP contribution in [0.2, 0.25) is 0 Å². The summed E-state index contributed by atoms with van der Waals surface area (Å²) in [6.45, 7) is 12.4. The largest absolute Gasteiger partial charge is 0.444 e. The standard InChI is InChI=1S/C17H32N2O4/c1-16(2,3)10-13(14(21)19-9-8-12(20)11-19)18(7)15(22)23-17(4,5)6/h12-13,20H,8-11H2,1-7H3/t12-,13-/m0/s1. The van der Waals surface area contributed by atoms with Crippen molar-refractivity contribution in [3.05, 3.63) is 0 Å². The Bertz CT molecular complexity index is 437. The summed E-state index contributed by atoms with van der Waals surface area (Å²) < 4.78 is 5.40. The van der Waals surface area contributed by atoms with Gasteiger partial charge in [0.05, 0.1) is 6.10 Å². The van der Waals surface area contributed by atoms with E-state index in [2.05, 4.69) is 0 Å². The summed E-state index contributed by atoms with van der Waals surface area (Å²) in [5, 5.41) is 9.66. The summed E-state index contributed by atoms with van der Waals surface area (Å²) in [5.41, 5.74) is -0.723. The zero-order valence-corrected chi connectivity index (χ0v) is 15.5. The van der Waals surface area contributed by atoms with Gasteiger partial charge in [0.15, 0.2) is 0 Å². The van der Waals surface area contributed by atoms with Crippen molar-refractivity contribution in [2.75, 3.05) is 20.1 Å². The number of hydrogen-bond acceptors (Lipinski definition) is 4. The van der Waals surface area contributed by atoms with Gasteiger partial charge in [-0.2, -0.15) is 0 Å². The molecule has 1 N–H and O–H groups in total. The molecule has 0 aromatic rings. The van der Waals surface area contributed by atoms with Gasteiger partial charge in [-0.3, -0.25) is 9.69 Å². The Morgan fingerprint density at radius 2 is 1.83 bits per heavy atom. The van der Waals surface area contributed by atoms with Gasteiger partial charge in [0.25, 0.3) is 0 Å². The van der Waals surface area contributed by atoms with Crippen LogP contribution in [0.3, 0.4) is 0 Å². The lowest BCUT2D eigenvalue weighted by Crippen LogP contribution is -2.51. The highest BCUT2D eigenvalue weighted by atomic mass is 16.6. The third kappa shape index (κ3) is 6.37. The highest BCUT2D eigenvalue weighted by molar-refractivity contribution is 5.86. The summed E-state index contributed by atoms with van der Waals surface area (Å²) in [7, 11) is 1.61. The first-order chi connectivity index (χ1) is 10.3. The zero-order chi connectivity index (χ0) is 18.0. The lowest BCUT2D eigenvalue weighted by atomic mass is 9.87. The Morgan fingerprint density at radius 1 is 1.26 bits per heavy atom. The fourth-order valence-electron chi connectivity index (χ4n) is 2.58. The van der Waals surface area contributed by atoms with Gasteiger partial charge < -0.3 is 14.7 Å². The van der Waals surface area contributed by atoms with Crippen molar-refractivity contribution in [1.82, 2.24) is 9.80 Å². The van der Waals surface area contributed by atoms with Crippen molar-refractivity contribution in [2.45, 2.75) is 72.1 Å². The van der Waals surface area contributed by atoms with Gasteiger partial charge in [0.1, 0.15) is 11.6 Å². The second-order valence-electron chi connectivity index (χ2n) is 8.60. The van der Waals surface area contributed by atoms with E-state index >= 15 is 0 Å². The van der Waals surface area contributed by atoms with Crippen LogP contribution in [0.25, 0.3) is 0 Å².